The van der Waals surface area contributed by atoms with E-state index in [1.165, 1.54) is 11.3 Å². The SMILES string of the molecule is CSCCn1c(=NC(=O)c2cccc(Cl)c2)sc2cc(Cl)ccc21. The average molecular weight is 397 g/mol. The Labute approximate surface area is 157 Å². The molecule has 0 unspecified atom stereocenters. The molecule has 0 radical (unpaired) electrons. The van der Waals surface area contributed by atoms with Gasteiger partial charge in [0.15, 0.2) is 4.80 Å². The van der Waals surface area contributed by atoms with Gasteiger partial charge in [0.25, 0.3) is 5.91 Å². The van der Waals surface area contributed by atoms with Crippen LogP contribution < -0.4 is 4.80 Å². The summed E-state index contributed by atoms with van der Waals surface area (Å²) in [5, 5.41) is 1.20. The number of rotatable bonds is 4. The fourth-order valence-corrected chi connectivity index (χ4v) is 4.19. The number of halogens is 2. The first-order valence-corrected chi connectivity index (χ1v) is 10.2. The molecule has 1 heterocycles. The Morgan fingerprint density at radius 2 is 2.00 bits per heavy atom. The Hall–Kier alpha value is -1.27. The lowest BCUT2D eigenvalue weighted by atomic mass is 10.2. The van der Waals surface area contributed by atoms with Crippen molar-refractivity contribution in [2.24, 2.45) is 4.99 Å². The van der Waals surface area contributed by atoms with Crippen molar-refractivity contribution in [1.82, 2.24) is 4.57 Å². The van der Waals surface area contributed by atoms with Crippen LogP contribution in [0.1, 0.15) is 10.4 Å². The van der Waals surface area contributed by atoms with E-state index in [1.54, 1.807) is 36.0 Å². The van der Waals surface area contributed by atoms with Gasteiger partial charge in [0, 0.05) is 27.9 Å². The summed E-state index contributed by atoms with van der Waals surface area (Å²) >= 11 is 15.3. The standard InChI is InChI=1S/C17H14Cl2N2OS2/c1-23-8-7-21-14-6-5-13(19)10-15(14)24-17(21)20-16(22)11-3-2-4-12(18)9-11/h2-6,9-10H,7-8H2,1H3. The van der Waals surface area contributed by atoms with Crippen LogP contribution in [-0.2, 0) is 6.54 Å². The van der Waals surface area contributed by atoms with Gasteiger partial charge in [0.2, 0.25) is 0 Å². The summed E-state index contributed by atoms with van der Waals surface area (Å²) in [6.07, 6.45) is 2.06. The zero-order valence-electron chi connectivity index (χ0n) is 12.8. The number of nitrogens with zero attached hydrogens (tertiary/aromatic N) is 2. The molecule has 0 aliphatic heterocycles. The molecule has 0 N–H and O–H groups in total. The molecule has 124 valence electrons. The van der Waals surface area contributed by atoms with Crippen molar-refractivity contribution in [2.75, 3.05) is 12.0 Å². The van der Waals surface area contributed by atoms with Crippen LogP contribution in [0.3, 0.4) is 0 Å². The lowest BCUT2D eigenvalue weighted by molar-refractivity contribution is 0.0998. The van der Waals surface area contributed by atoms with Crippen molar-refractivity contribution >= 4 is 62.4 Å². The first kappa shape index (κ1) is 17.5. The highest BCUT2D eigenvalue weighted by atomic mass is 35.5. The number of amides is 1. The predicted octanol–water partition coefficient (Wildman–Crippen LogP) is 5.11. The maximum absolute atomic E-state index is 12.5. The number of carbonyl (C=O) groups is 1. The highest BCUT2D eigenvalue weighted by Crippen LogP contribution is 2.22. The summed E-state index contributed by atoms with van der Waals surface area (Å²) < 4.78 is 3.08. The van der Waals surface area contributed by atoms with Gasteiger partial charge in [0.05, 0.1) is 10.2 Å². The minimum absolute atomic E-state index is 0.298. The molecule has 0 aliphatic rings. The Morgan fingerprint density at radius 1 is 1.21 bits per heavy atom. The summed E-state index contributed by atoms with van der Waals surface area (Å²) in [6.45, 7) is 0.782. The number of hydrogen-bond donors (Lipinski definition) is 0. The number of thioether (sulfide) groups is 1. The highest BCUT2D eigenvalue weighted by Gasteiger charge is 2.10. The molecule has 2 aromatic carbocycles. The van der Waals surface area contributed by atoms with Gasteiger partial charge in [-0.25, -0.2) is 0 Å². The van der Waals surface area contributed by atoms with E-state index in [2.05, 4.69) is 15.8 Å². The largest absolute Gasteiger partial charge is 0.316 e. The second kappa shape index (κ2) is 7.74. The van der Waals surface area contributed by atoms with E-state index < -0.39 is 0 Å². The van der Waals surface area contributed by atoms with Crippen molar-refractivity contribution in [2.45, 2.75) is 6.54 Å². The summed E-state index contributed by atoms with van der Waals surface area (Å²) in [4.78, 5) is 17.5. The molecule has 3 aromatic rings. The monoisotopic (exact) mass is 396 g/mol. The third-order valence-electron chi connectivity index (χ3n) is 3.43. The summed E-state index contributed by atoms with van der Waals surface area (Å²) in [7, 11) is 0. The van der Waals surface area contributed by atoms with Crippen molar-refractivity contribution in [3.63, 3.8) is 0 Å². The molecule has 24 heavy (non-hydrogen) atoms. The van der Waals surface area contributed by atoms with Crippen LogP contribution in [0.15, 0.2) is 47.5 Å². The Balaban J connectivity index is 2.11. The predicted molar refractivity (Wildman–Crippen MR) is 105 cm³/mol. The second-order valence-electron chi connectivity index (χ2n) is 5.07. The van der Waals surface area contributed by atoms with Crippen molar-refractivity contribution in [3.8, 4) is 0 Å². The fraction of sp³-hybridized carbons (Fsp3) is 0.176. The summed E-state index contributed by atoms with van der Waals surface area (Å²) in [6, 6.07) is 12.6. The lowest BCUT2D eigenvalue weighted by Gasteiger charge is -2.03. The molecule has 3 nitrogen and oxygen atoms in total. The zero-order chi connectivity index (χ0) is 17.1. The van der Waals surface area contributed by atoms with Crippen LogP contribution in [0.2, 0.25) is 10.0 Å². The highest BCUT2D eigenvalue weighted by molar-refractivity contribution is 7.98. The summed E-state index contributed by atoms with van der Waals surface area (Å²) in [5.41, 5.74) is 1.52. The maximum atomic E-state index is 12.5. The van der Waals surface area contributed by atoms with E-state index in [0.29, 0.717) is 20.4 Å². The molecule has 7 heteroatoms. The van der Waals surface area contributed by atoms with E-state index in [0.717, 1.165) is 22.5 Å². The van der Waals surface area contributed by atoms with E-state index in [1.807, 2.05) is 18.2 Å². The van der Waals surface area contributed by atoms with Gasteiger partial charge in [-0.1, -0.05) is 40.6 Å². The molecule has 0 fully saturated rings. The molecule has 1 aromatic heterocycles. The quantitative estimate of drug-likeness (QED) is 0.613. The van der Waals surface area contributed by atoms with Crippen molar-refractivity contribution in [3.05, 3.63) is 62.9 Å². The Morgan fingerprint density at radius 3 is 2.75 bits per heavy atom. The Bertz CT molecular complexity index is 963. The van der Waals surface area contributed by atoms with Gasteiger partial charge in [-0.3, -0.25) is 4.79 Å². The average Bonchev–Trinajstić information content (AvgIpc) is 2.89. The number of aromatic nitrogens is 1. The molecular weight excluding hydrogens is 383 g/mol. The van der Waals surface area contributed by atoms with Gasteiger partial charge in [0.1, 0.15) is 0 Å². The molecule has 0 spiro atoms. The summed E-state index contributed by atoms with van der Waals surface area (Å²) in [5.74, 6) is 0.639. The number of hydrogen-bond acceptors (Lipinski definition) is 3. The molecule has 0 saturated carbocycles. The molecule has 0 aliphatic carbocycles. The van der Waals surface area contributed by atoms with Crippen molar-refractivity contribution < 1.29 is 4.79 Å². The van der Waals surface area contributed by atoms with E-state index in [-0.39, 0.29) is 5.91 Å². The minimum atomic E-state index is -0.298. The van der Waals surface area contributed by atoms with Crippen LogP contribution >= 0.6 is 46.3 Å². The van der Waals surface area contributed by atoms with Crippen LogP contribution in [0.25, 0.3) is 10.2 Å². The zero-order valence-corrected chi connectivity index (χ0v) is 16.0. The normalized spacial score (nSPS) is 12.0. The van der Waals surface area contributed by atoms with Gasteiger partial charge in [-0.05, 0) is 42.7 Å². The van der Waals surface area contributed by atoms with Crippen LogP contribution in [0.4, 0.5) is 0 Å². The smallest absolute Gasteiger partial charge is 0.279 e. The second-order valence-corrected chi connectivity index (χ2v) is 7.94. The first-order chi connectivity index (χ1) is 11.6. The maximum Gasteiger partial charge on any atom is 0.279 e. The molecule has 3 rings (SSSR count). The minimum Gasteiger partial charge on any atom is -0.316 e. The molecule has 1 amide bonds. The molecule has 0 saturated heterocycles. The van der Waals surface area contributed by atoms with Gasteiger partial charge in [-0.2, -0.15) is 16.8 Å². The van der Waals surface area contributed by atoms with E-state index in [4.69, 9.17) is 23.2 Å². The number of aryl methyl sites for hydroxylation is 1. The van der Waals surface area contributed by atoms with Crippen molar-refractivity contribution in [1.29, 1.82) is 0 Å². The van der Waals surface area contributed by atoms with Crippen LogP contribution in [0.5, 0.6) is 0 Å². The fourth-order valence-electron chi connectivity index (χ4n) is 2.30. The van der Waals surface area contributed by atoms with Gasteiger partial charge in [-0.15, -0.1) is 0 Å². The Kier molecular flexibility index (Phi) is 5.66. The number of benzene rings is 2. The van der Waals surface area contributed by atoms with Gasteiger partial charge >= 0.3 is 0 Å². The topological polar surface area (TPSA) is 34.4 Å². The van der Waals surface area contributed by atoms with Crippen LogP contribution in [0, 0.1) is 0 Å². The molecule has 0 atom stereocenters. The molecular formula is C17H14Cl2N2OS2. The number of fused-ring (bicyclic) bond motifs is 1. The first-order valence-electron chi connectivity index (χ1n) is 7.21. The lowest BCUT2D eigenvalue weighted by Crippen LogP contribution is -2.18. The molecule has 0 bridgehead atoms. The van der Waals surface area contributed by atoms with Crippen LogP contribution in [-0.4, -0.2) is 22.5 Å². The number of carbonyl (C=O) groups excluding carboxylic acids is 1. The van der Waals surface area contributed by atoms with E-state index in [9.17, 15) is 4.79 Å². The third-order valence-corrected chi connectivity index (χ3v) is 5.53. The van der Waals surface area contributed by atoms with E-state index >= 15 is 0 Å². The van der Waals surface area contributed by atoms with Gasteiger partial charge < -0.3 is 4.57 Å². The number of thiazole rings is 1. The third kappa shape index (κ3) is 3.86.